The number of hydrogen-bond acceptors (Lipinski definition) is 2. The minimum absolute atomic E-state index is 0.541. The number of carboxylic acids is 1. The van der Waals surface area contributed by atoms with Gasteiger partial charge in [0.15, 0.2) is 0 Å². The fourth-order valence-corrected chi connectivity index (χ4v) is 2.21. The minimum atomic E-state index is -0.860. The van der Waals surface area contributed by atoms with Crippen LogP contribution in [0, 0.1) is 13.8 Å². The first-order chi connectivity index (χ1) is 9.59. The Bertz CT molecular complexity index is 593. The summed E-state index contributed by atoms with van der Waals surface area (Å²) in [5.41, 5.74) is 4.32. The summed E-state index contributed by atoms with van der Waals surface area (Å²) in [6.45, 7) is 4.66. The van der Waals surface area contributed by atoms with Gasteiger partial charge in [0.2, 0.25) is 0 Å². The van der Waals surface area contributed by atoms with Gasteiger partial charge in [0.25, 0.3) is 0 Å². The van der Waals surface area contributed by atoms with Gasteiger partial charge in [-0.2, -0.15) is 0 Å². The maximum absolute atomic E-state index is 11.4. The van der Waals surface area contributed by atoms with Gasteiger partial charge in [0, 0.05) is 6.54 Å². The molecular weight excluding hydrogens is 250 g/mol. The van der Waals surface area contributed by atoms with Crippen LogP contribution in [0.4, 0.5) is 0 Å². The number of rotatable bonds is 5. The van der Waals surface area contributed by atoms with E-state index in [9.17, 15) is 9.90 Å². The van der Waals surface area contributed by atoms with Crippen molar-refractivity contribution < 1.29 is 9.90 Å². The molecule has 0 aliphatic carbocycles. The Morgan fingerprint density at radius 2 is 1.80 bits per heavy atom. The third-order valence-electron chi connectivity index (χ3n) is 3.59. The maximum atomic E-state index is 11.4. The van der Waals surface area contributed by atoms with Crippen LogP contribution in [0.2, 0.25) is 0 Å². The van der Waals surface area contributed by atoms with Crippen molar-refractivity contribution in [3.63, 3.8) is 0 Å². The van der Waals surface area contributed by atoms with E-state index in [4.69, 9.17) is 0 Å². The number of benzene rings is 2. The fraction of sp³-hybridized carbons (Fsp3) is 0.235. The van der Waals surface area contributed by atoms with Crippen molar-refractivity contribution in [2.75, 3.05) is 0 Å². The zero-order valence-corrected chi connectivity index (χ0v) is 11.8. The van der Waals surface area contributed by atoms with Crippen molar-refractivity contribution in [1.82, 2.24) is 5.32 Å². The summed E-state index contributed by atoms with van der Waals surface area (Å²) in [6.07, 6.45) is 0. The first kappa shape index (κ1) is 14.3. The molecule has 2 N–H and O–H groups in total. The third-order valence-corrected chi connectivity index (χ3v) is 3.59. The number of carbonyl (C=O) groups is 1. The summed E-state index contributed by atoms with van der Waals surface area (Å²) in [6, 6.07) is 14.6. The first-order valence-electron chi connectivity index (χ1n) is 6.66. The molecule has 0 fully saturated rings. The molecule has 0 amide bonds. The number of carboxylic acid groups (broad SMARTS) is 1. The van der Waals surface area contributed by atoms with Gasteiger partial charge < -0.3 is 5.11 Å². The molecule has 0 heterocycles. The fourth-order valence-electron chi connectivity index (χ4n) is 2.21. The quantitative estimate of drug-likeness (QED) is 0.876. The Balaban J connectivity index is 2.14. The topological polar surface area (TPSA) is 49.3 Å². The molecule has 20 heavy (non-hydrogen) atoms. The number of hydrogen-bond donors (Lipinski definition) is 2. The Labute approximate surface area is 119 Å². The van der Waals surface area contributed by atoms with Gasteiger partial charge in [-0.05, 0) is 36.1 Å². The molecule has 0 aliphatic rings. The summed E-state index contributed by atoms with van der Waals surface area (Å²) < 4.78 is 0. The number of aliphatic carboxylic acids is 1. The van der Waals surface area contributed by atoms with E-state index in [2.05, 4.69) is 25.2 Å². The molecule has 3 nitrogen and oxygen atoms in total. The van der Waals surface area contributed by atoms with Crippen LogP contribution in [0.5, 0.6) is 0 Å². The second kappa shape index (κ2) is 6.35. The van der Waals surface area contributed by atoms with Crippen molar-refractivity contribution >= 4 is 5.97 Å². The third kappa shape index (κ3) is 3.25. The monoisotopic (exact) mass is 269 g/mol. The summed E-state index contributed by atoms with van der Waals surface area (Å²) in [5.74, 6) is -0.860. The molecule has 0 aromatic heterocycles. The molecule has 3 heteroatoms. The van der Waals surface area contributed by atoms with E-state index in [0.717, 1.165) is 11.1 Å². The standard InChI is InChI=1S/C17H19NO2/c1-12-7-6-10-15(13(12)2)11-18-16(17(19)20)14-8-4-3-5-9-14/h3-10,16,18H,11H2,1-2H3,(H,19,20). The molecule has 0 bridgehead atoms. The molecule has 1 unspecified atom stereocenters. The highest BCUT2D eigenvalue weighted by atomic mass is 16.4. The van der Waals surface area contributed by atoms with Crippen molar-refractivity contribution in [2.24, 2.45) is 0 Å². The predicted octanol–water partition coefficient (Wildman–Crippen LogP) is 3.22. The van der Waals surface area contributed by atoms with E-state index >= 15 is 0 Å². The van der Waals surface area contributed by atoms with E-state index in [1.54, 1.807) is 0 Å². The van der Waals surface area contributed by atoms with Crippen LogP contribution >= 0.6 is 0 Å². The molecule has 0 saturated heterocycles. The second-order valence-electron chi connectivity index (χ2n) is 4.92. The average molecular weight is 269 g/mol. The van der Waals surface area contributed by atoms with E-state index < -0.39 is 12.0 Å². The van der Waals surface area contributed by atoms with Gasteiger partial charge in [-0.25, -0.2) is 0 Å². The summed E-state index contributed by atoms with van der Waals surface area (Å²) in [4.78, 5) is 11.4. The molecule has 2 rings (SSSR count). The highest BCUT2D eigenvalue weighted by Gasteiger charge is 2.18. The molecule has 2 aromatic carbocycles. The predicted molar refractivity (Wildman–Crippen MR) is 79.6 cm³/mol. The number of nitrogens with one attached hydrogen (secondary N) is 1. The van der Waals surface area contributed by atoms with E-state index in [1.807, 2.05) is 42.5 Å². The van der Waals surface area contributed by atoms with E-state index in [0.29, 0.717) is 6.54 Å². The molecule has 104 valence electrons. The highest BCUT2D eigenvalue weighted by Crippen LogP contribution is 2.16. The van der Waals surface area contributed by atoms with Gasteiger partial charge in [-0.1, -0.05) is 48.5 Å². The molecule has 2 aromatic rings. The van der Waals surface area contributed by atoms with Crippen molar-refractivity contribution in [1.29, 1.82) is 0 Å². The number of aryl methyl sites for hydroxylation is 1. The lowest BCUT2D eigenvalue weighted by Crippen LogP contribution is -2.28. The van der Waals surface area contributed by atoms with Gasteiger partial charge in [0.05, 0.1) is 0 Å². The Kier molecular flexibility index (Phi) is 4.53. The summed E-state index contributed by atoms with van der Waals surface area (Å²) in [7, 11) is 0. The molecule has 0 aliphatic heterocycles. The lowest BCUT2D eigenvalue weighted by atomic mass is 10.0. The van der Waals surface area contributed by atoms with Gasteiger partial charge in [-0.15, -0.1) is 0 Å². The SMILES string of the molecule is Cc1cccc(CNC(C(=O)O)c2ccccc2)c1C. The van der Waals surface area contributed by atoms with Crippen LogP contribution in [0.15, 0.2) is 48.5 Å². The molecule has 0 radical (unpaired) electrons. The lowest BCUT2D eigenvalue weighted by Gasteiger charge is -2.16. The molecular formula is C17H19NO2. The molecule has 1 atom stereocenters. The van der Waals surface area contributed by atoms with Crippen molar-refractivity contribution in [3.8, 4) is 0 Å². The lowest BCUT2D eigenvalue weighted by molar-refractivity contribution is -0.139. The Morgan fingerprint density at radius 3 is 2.45 bits per heavy atom. The first-order valence-corrected chi connectivity index (χ1v) is 6.66. The van der Waals surface area contributed by atoms with Crippen LogP contribution in [0.3, 0.4) is 0 Å². The van der Waals surface area contributed by atoms with E-state index in [1.165, 1.54) is 11.1 Å². The van der Waals surface area contributed by atoms with Crippen LogP contribution in [-0.4, -0.2) is 11.1 Å². The average Bonchev–Trinajstić information content (AvgIpc) is 2.44. The normalized spacial score (nSPS) is 12.1. The van der Waals surface area contributed by atoms with Gasteiger partial charge >= 0.3 is 5.97 Å². The Hall–Kier alpha value is -2.13. The van der Waals surface area contributed by atoms with Crippen LogP contribution < -0.4 is 5.32 Å². The minimum Gasteiger partial charge on any atom is -0.480 e. The smallest absolute Gasteiger partial charge is 0.325 e. The van der Waals surface area contributed by atoms with Crippen molar-refractivity contribution in [2.45, 2.75) is 26.4 Å². The van der Waals surface area contributed by atoms with Crippen LogP contribution in [0.25, 0.3) is 0 Å². The van der Waals surface area contributed by atoms with Gasteiger partial charge in [0.1, 0.15) is 6.04 Å². The Morgan fingerprint density at radius 1 is 1.10 bits per heavy atom. The zero-order chi connectivity index (χ0) is 14.5. The second-order valence-corrected chi connectivity index (χ2v) is 4.92. The van der Waals surface area contributed by atoms with Gasteiger partial charge in [-0.3, -0.25) is 10.1 Å². The summed E-state index contributed by atoms with van der Waals surface area (Å²) >= 11 is 0. The zero-order valence-electron chi connectivity index (χ0n) is 11.8. The summed E-state index contributed by atoms with van der Waals surface area (Å²) in [5, 5.41) is 12.5. The maximum Gasteiger partial charge on any atom is 0.325 e. The van der Waals surface area contributed by atoms with Crippen LogP contribution in [0.1, 0.15) is 28.3 Å². The molecule has 0 spiro atoms. The van der Waals surface area contributed by atoms with E-state index in [-0.39, 0.29) is 0 Å². The highest BCUT2D eigenvalue weighted by molar-refractivity contribution is 5.75. The van der Waals surface area contributed by atoms with Crippen LogP contribution in [-0.2, 0) is 11.3 Å². The largest absolute Gasteiger partial charge is 0.480 e. The van der Waals surface area contributed by atoms with Crippen molar-refractivity contribution in [3.05, 3.63) is 70.8 Å². The molecule has 0 saturated carbocycles.